The smallest absolute Gasteiger partial charge is 0.406 e. The second-order valence-corrected chi connectivity index (χ2v) is 8.53. The second-order valence-electron chi connectivity index (χ2n) is 8.53. The number of benzene rings is 2. The van der Waals surface area contributed by atoms with Gasteiger partial charge in [0, 0.05) is 38.2 Å². The molecule has 34 heavy (non-hydrogen) atoms. The number of fused-ring (bicyclic) bond motifs is 1. The van der Waals surface area contributed by atoms with Crippen LogP contribution in [0.1, 0.15) is 28.8 Å². The van der Waals surface area contributed by atoms with Crippen LogP contribution in [0.15, 0.2) is 47.3 Å². The molecule has 0 radical (unpaired) electrons. The largest absolute Gasteiger partial charge is 0.573 e. The summed E-state index contributed by atoms with van der Waals surface area (Å²) in [6.45, 7) is 2.32. The maximum Gasteiger partial charge on any atom is 0.573 e. The van der Waals surface area contributed by atoms with Crippen LogP contribution in [0.4, 0.5) is 13.2 Å². The molecule has 3 aromatic rings. The molecule has 2 heterocycles. The van der Waals surface area contributed by atoms with Gasteiger partial charge < -0.3 is 30.0 Å². The average molecular weight is 478 g/mol. The number of alkyl halides is 3. The number of rotatable bonds is 7. The fourth-order valence-electron chi connectivity index (χ4n) is 4.16. The van der Waals surface area contributed by atoms with E-state index in [-0.39, 0.29) is 17.3 Å². The van der Waals surface area contributed by atoms with Gasteiger partial charge in [0.15, 0.2) is 0 Å². The molecule has 0 atom stereocenters. The lowest BCUT2D eigenvalue weighted by molar-refractivity contribution is -0.274. The third-order valence-electron chi connectivity index (χ3n) is 5.97. The number of imidazole rings is 1. The van der Waals surface area contributed by atoms with E-state index in [2.05, 4.69) is 24.9 Å². The van der Waals surface area contributed by atoms with Gasteiger partial charge in [0.25, 0.3) is 5.91 Å². The first kappa shape index (κ1) is 23.8. The van der Waals surface area contributed by atoms with Crippen LogP contribution in [-0.4, -0.2) is 64.0 Å². The van der Waals surface area contributed by atoms with E-state index in [1.54, 1.807) is 18.2 Å². The number of aromatic nitrogens is 2. The van der Waals surface area contributed by atoms with Gasteiger partial charge in [-0.3, -0.25) is 4.79 Å². The highest BCUT2D eigenvalue weighted by molar-refractivity contribution is 5.97. The molecule has 1 aromatic heterocycles. The van der Waals surface area contributed by atoms with Crippen molar-refractivity contribution in [3.8, 4) is 5.75 Å². The van der Waals surface area contributed by atoms with Crippen molar-refractivity contribution in [3.05, 3.63) is 64.1 Å². The first-order chi connectivity index (χ1) is 16.1. The predicted molar refractivity (Wildman–Crippen MR) is 119 cm³/mol. The van der Waals surface area contributed by atoms with Crippen LogP contribution in [0.2, 0.25) is 0 Å². The lowest BCUT2D eigenvalue weighted by Crippen LogP contribution is -2.47. The van der Waals surface area contributed by atoms with Gasteiger partial charge in [0.05, 0.1) is 16.6 Å². The summed E-state index contributed by atoms with van der Waals surface area (Å²) in [5.74, 6) is -0.531. The minimum atomic E-state index is -4.73. The number of aliphatic hydroxyl groups is 1. The lowest BCUT2D eigenvalue weighted by atomic mass is 9.85. The summed E-state index contributed by atoms with van der Waals surface area (Å²) in [5.41, 5.74) is 1.11. The molecule has 2 aromatic carbocycles. The number of amides is 1. The normalized spacial score (nSPS) is 16.5. The van der Waals surface area contributed by atoms with E-state index in [0.717, 1.165) is 5.56 Å². The van der Waals surface area contributed by atoms with Crippen molar-refractivity contribution in [3.63, 3.8) is 0 Å². The van der Waals surface area contributed by atoms with Crippen molar-refractivity contribution < 1.29 is 27.8 Å². The van der Waals surface area contributed by atoms with Gasteiger partial charge in [-0.15, -0.1) is 13.2 Å². The van der Waals surface area contributed by atoms with Gasteiger partial charge in [0.2, 0.25) is 0 Å². The summed E-state index contributed by atoms with van der Waals surface area (Å²) in [5, 5.41) is 13.8. The lowest BCUT2D eigenvalue weighted by Gasteiger charge is -2.38. The Morgan fingerprint density at radius 1 is 1.09 bits per heavy atom. The molecule has 1 amide bonds. The Morgan fingerprint density at radius 2 is 1.76 bits per heavy atom. The molecule has 0 spiro atoms. The molecule has 11 heteroatoms. The molecule has 1 aliphatic heterocycles. The molecular formula is C23H25F3N4O4. The zero-order valence-electron chi connectivity index (χ0n) is 18.2. The van der Waals surface area contributed by atoms with Gasteiger partial charge in [0.1, 0.15) is 5.75 Å². The summed E-state index contributed by atoms with van der Waals surface area (Å²) in [7, 11) is 0. The van der Waals surface area contributed by atoms with E-state index in [1.165, 1.54) is 24.3 Å². The van der Waals surface area contributed by atoms with Crippen LogP contribution in [0.3, 0.4) is 0 Å². The summed E-state index contributed by atoms with van der Waals surface area (Å²) in [6.07, 6.45) is -3.37. The molecule has 4 N–H and O–H groups in total. The highest BCUT2D eigenvalue weighted by Crippen LogP contribution is 2.28. The molecule has 8 nitrogen and oxygen atoms in total. The standard InChI is InChI=1S/C23H25F3N4O4/c24-23(25,26)34-17-4-1-15(2-5-17)14-22(33)7-10-30(11-8-22)12-9-27-20(31)16-3-6-18-19(13-16)29-21(32)28-18/h1-6,13,33H,7-12,14H2,(H,27,31)(H2,28,29,32). The molecule has 1 aliphatic rings. The topological polar surface area (TPSA) is 110 Å². The Hall–Kier alpha value is -3.31. The molecular weight excluding hydrogens is 453 g/mol. The van der Waals surface area contributed by atoms with Crippen molar-refractivity contribution in [1.82, 2.24) is 20.2 Å². The molecule has 1 saturated heterocycles. The van der Waals surface area contributed by atoms with Crippen LogP contribution >= 0.6 is 0 Å². The van der Waals surface area contributed by atoms with Crippen molar-refractivity contribution in [1.29, 1.82) is 0 Å². The highest BCUT2D eigenvalue weighted by atomic mass is 19.4. The number of likely N-dealkylation sites (tertiary alicyclic amines) is 1. The van der Waals surface area contributed by atoms with Gasteiger partial charge in [-0.1, -0.05) is 12.1 Å². The van der Waals surface area contributed by atoms with Crippen molar-refractivity contribution in [2.75, 3.05) is 26.2 Å². The van der Waals surface area contributed by atoms with Gasteiger partial charge >= 0.3 is 12.1 Å². The highest BCUT2D eigenvalue weighted by Gasteiger charge is 2.33. The third kappa shape index (κ3) is 6.17. The van der Waals surface area contributed by atoms with Crippen molar-refractivity contribution in [2.24, 2.45) is 0 Å². The zero-order valence-corrected chi connectivity index (χ0v) is 18.2. The first-order valence-electron chi connectivity index (χ1n) is 10.9. The van der Waals surface area contributed by atoms with Crippen LogP contribution in [0.5, 0.6) is 5.75 Å². The Labute approximate surface area is 192 Å². The SMILES string of the molecule is O=C(NCCN1CCC(O)(Cc2ccc(OC(F)(F)F)cc2)CC1)c1ccc2[nH]c(=O)[nH]c2c1. The minimum absolute atomic E-state index is 0.240. The van der Waals surface area contributed by atoms with E-state index in [4.69, 9.17) is 0 Å². The number of carbonyl (C=O) groups excluding carboxylic acids is 1. The third-order valence-corrected chi connectivity index (χ3v) is 5.97. The molecule has 1 fully saturated rings. The molecule has 0 saturated carbocycles. The summed E-state index contributed by atoms with van der Waals surface area (Å²) < 4.78 is 40.7. The fourth-order valence-corrected chi connectivity index (χ4v) is 4.16. The van der Waals surface area contributed by atoms with Crippen LogP contribution in [-0.2, 0) is 6.42 Å². The Bertz CT molecular complexity index is 1200. The van der Waals surface area contributed by atoms with Crippen LogP contribution in [0.25, 0.3) is 11.0 Å². The van der Waals surface area contributed by atoms with Crippen molar-refractivity contribution in [2.45, 2.75) is 31.2 Å². The van der Waals surface area contributed by atoms with Gasteiger partial charge in [-0.2, -0.15) is 0 Å². The van der Waals surface area contributed by atoms with E-state index < -0.39 is 12.0 Å². The maximum atomic E-state index is 12.4. The zero-order chi connectivity index (χ0) is 24.3. The fraction of sp³-hybridized carbons (Fsp3) is 0.391. The first-order valence-corrected chi connectivity index (χ1v) is 10.9. The number of hydrogen-bond acceptors (Lipinski definition) is 5. The van der Waals surface area contributed by atoms with E-state index in [0.29, 0.717) is 62.0 Å². The van der Waals surface area contributed by atoms with E-state index in [1.807, 2.05) is 0 Å². The molecule has 4 rings (SSSR count). The second kappa shape index (κ2) is 9.51. The van der Waals surface area contributed by atoms with Crippen molar-refractivity contribution >= 4 is 16.9 Å². The summed E-state index contributed by atoms with van der Waals surface area (Å²) in [4.78, 5) is 31.1. The Morgan fingerprint density at radius 3 is 2.44 bits per heavy atom. The molecule has 182 valence electrons. The van der Waals surface area contributed by atoms with Crippen LogP contribution in [0, 0.1) is 0 Å². The quantitative estimate of drug-likeness (QED) is 0.417. The molecule has 0 bridgehead atoms. The number of carbonyl (C=O) groups is 1. The molecule has 0 unspecified atom stereocenters. The summed E-state index contributed by atoms with van der Waals surface area (Å²) >= 11 is 0. The molecule has 0 aliphatic carbocycles. The number of hydrogen-bond donors (Lipinski definition) is 4. The van der Waals surface area contributed by atoms with Gasteiger partial charge in [-0.05, 0) is 48.7 Å². The van der Waals surface area contributed by atoms with Gasteiger partial charge in [-0.25, -0.2) is 4.79 Å². The predicted octanol–water partition coefficient (Wildman–Crippen LogP) is 2.55. The monoisotopic (exact) mass is 478 g/mol. The Kier molecular flexibility index (Phi) is 6.67. The maximum absolute atomic E-state index is 12.4. The Balaban J connectivity index is 1.21. The number of aromatic amines is 2. The number of nitrogens with one attached hydrogen (secondary N) is 3. The van der Waals surface area contributed by atoms with E-state index in [9.17, 15) is 27.9 Å². The minimum Gasteiger partial charge on any atom is -0.406 e. The number of piperidine rings is 1. The van der Waals surface area contributed by atoms with E-state index >= 15 is 0 Å². The summed E-state index contributed by atoms with van der Waals surface area (Å²) in [6, 6.07) is 10.5. The number of ether oxygens (including phenoxy) is 1. The number of nitrogens with zero attached hydrogens (tertiary/aromatic N) is 1. The number of H-pyrrole nitrogens is 2. The number of halogens is 3. The van der Waals surface area contributed by atoms with Crippen LogP contribution < -0.4 is 15.7 Å². The average Bonchev–Trinajstić information content (AvgIpc) is 3.14.